The SMILES string of the molecule is Nc1nc(-c2ccccc2Cl)c(C(=O)Nc2cc(C(F)(F)F)ccn2)s1. The van der Waals surface area contributed by atoms with Crippen molar-refractivity contribution >= 4 is 39.8 Å². The summed E-state index contributed by atoms with van der Waals surface area (Å²) in [6, 6.07) is 8.28. The number of carbonyl (C=O) groups excluding carboxylic acids is 1. The summed E-state index contributed by atoms with van der Waals surface area (Å²) < 4.78 is 38.3. The molecule has 0 fully saturated rings. The van der Waals surface area contributed by atoms with E-state index in [-0.39, 0.29) is 21.5 Å². The van der Waals surface area contributed by atoms with Crippen molar-refractivity contribution < 1.29 is 18.0 Å². The number of nitrogen functional groups attached to an aromatic ring is 1. The number of alkyl halides is 3. The molecule has 134 valence electrons. The molecule has 0 aliphatic rings. The second-order valence-electron chi connectivity index (χ2n) is 5.09. The monoisotopic (exact) mass is 398 g/mol. The summed E-state index contributed by atoms with van der Waals surface area (Å²) in [5.41, 5.74) is 5.52. The van der Waals surface area contributed by atoms with Gasteiger partial charge in [-0.05, 0) is 18.2 Å². The number of amides is 1. The van der Waals surface area contributed by atoms with E-state index in [0.717, 1.165) is 29.7 Å². The third-order valence-electron chi connectivity index (χ3n) is 3.31. The lowest BCUT2D eigenvalue weighted by Crippen LogP contribution is -2.14. The minimum atomic E-state index is -4.54. The Morgan fingerprint density at radius 1 is 1.23 bits per heavy atom. The molecule has 0 unspecified atom stereocenters. The van der Waals surface area contributed by atoms with Crippen molar-refractivity contribution in [2.75, 3.05) is 11.1 Å². The fourth-order valence-corrected chi connectivity index (χ4v) is 3.14. The molecule has 3 rings (SSSR count). The number of anilines is 2. The highest BCUT2D eigenvalue weighted by Crippen LogP contribution is 2.35. The first-order valence-corrected chi connectivity index (χ1v) is 8.31. The lowest BCUT2D eigenvalue weighted by Gasteiger charge is -2.09. The fourth-order valence-electron chi connectivity index (χ4n) is 2.17. The lowest BCUT2D eigenvalue weighted by atomic mass is 10.1. The molecule has 10 heteroatoms. The van der Waals surface area contributed by atoms with Gasteiger partial charge < -0.3 is 11.1 Å². The van der Waals surface area contributed by atoms with Crippen LogP contribution in [-0.2, 0) is 6.18 Å². The average Bonchev–Trinajstić information content (AvgIpc) is 2.96. The summed E-state index contributed by atoms with van der Waals surface area (Å²) in [7, 11) is 0. The van der Waals surface area contributed by atoms with Crippen LogP contribution in [0.3, 0.4) is 0 Å². The van der Waals surface area contributed by atoms with Crippen molar-refractivity contribution in [1.29, 1.82) is 0 Å². The predicted octanol–water partition coefficient (Wildman–Crippen LogP) is 4.71. The highest BCUT2D eigenvalue weighted by atomic mass is 35.5. The van der Waals surface area contributed by atoms with Gasteiger partial charge >= 0.3 is 6.18 Å². The molecule has 2 heterocycles. The molecule has 1 aromatic carbocycles. The maximum Gasteiger partial charge on any atom is 0.416 e. The number of nitrogens with zero attached hydrogens (tertiary/aromatic N) is 2. The van der Waals surface area contributed by atoms with Crippen LogP contribution >= 0.6 is 22.9 Å². The minimum Gasteiger partial charge on any atom is -0.375 e. The summed E-state index contributed by atoms with van der Waals surface area (Å²) in [5, 5.41) is 2.83. The molecule has 2 aromatic heterocycles. The molecule has 26 heavy (non-hydrogen) atoms. The lowest BCUT2D eigenvalue weighted by molar-refractivity contribution is -0.137. The predicted molar refractivity (Wildman–Crippen MR) is 94.2 cm³/mol. The first-order chi connectivity index (χ1) is 12.3. The summed E-state index contributed by atoms with van der Waals surface area (Å²) in [6.07, 6.45) is -3.57. The van der Waals surface area contributed by atoms with Gasteiger partial charge in [-0.3, -0.25) is 4.79 Å². The van der Waals surface area contributed by atoms with E-state index in [9.17, 15) is 18.0 Å². The Labute approximate surface area is 154 Å². The van der Waals surface area contributed by atoms with Gasteiger partial charge in [0.2, 0.25) is 0 Å². The highest BCUT2D eigenvalue weighted by molar-refractivity contribution is 7.17. The van der Waals surface area contributed by atoms with Crippen LogP contribution in [0.2, 0.25) is 5.02 Å². The Hall–Kier alpha value is -2.65. The number of halogens is 4. The minimum absolute atomic E-state index is 0.120. The third kappa shape index (κ3) is 3.78. The Morgan fingerprint density at radius 2 is 1.96 bits per heavy atom. The third-order valence-corrected chi connectivity index (χ3v) is 4.52. The van der Waals surface area contributed by atoms with Gasteiger partial charge in [0.05, 0.1) is 16.3 Å². The number of rotatable bonds is 3. The van der Waals surface area contributed by atoms with E-state index in [0.29, 0.717) is 10.6 Å². The summed E-state index contributed by atoms with van der Waals surface area (Å²) in [5.74, 6) is -0.914. The van der Waals surface area contributed by atoms with Crippen LogP contribution in [0, 0.1) is 0 Å². The summed E-state index contributed by atoms with van der Waals surface area (Å²) in [4.78, 5) is 20.5. The number of pyridine rings is 1. The normalized spacial score (nSPS) is 11.4. The topological polar surface area (TPSA) is 80.9 Å². The largest absolute Gasteiger partial charge is 0.416 e. The van der Waals surface area contributed by atoms with Crippen molar-refractivity contribution in [3.8, 4) is 11.3 Å². The van der Waals surface area contributed by atoms with Gasteiger partial charge in [-0.1, -0.05) is 41.1 Å². The number of aromatic nitrogens is 2. The quantitative estimate of drug-likeness (QED) is 0.669. The Balaban J connectivity index is 1.94. The second-order valence-corrected chi connectivity index (χ2v) is 6.53. The van der Waals surface area contributed by atoms with Gasteiger partial charge in [0.1, 0.15) is 10.7 Å². The fraction of sp³-hybridized carbons (Fsp3) is 0.0625. The van der Waals surface area contributed by atoms with Gasteiger partial charge in [-0.2, -0.15) is 13.2 Å². The first kappa shape index (κ1) is 18.2. The highest BCUT2D eigenvalue weighted by Gasteiger charge is 2.31. The molecule has 0 aliphatic heterocycles. The van der Waals surface area contributed by atoms with E-state index < -0.39 is 17.6 Å². The molecule has 0 saturated heterocycles. The summed E-state index contributed by atoms with van der Waals surface area (Å²) >= 11 is 7.03. The van der Waals surface area contributed by atoms with E-state index in [1.807, 2.05) is 0 Å². The number of nitrogens with two attached hydrogens (primary N) is 1. The molecule has 1 amide bonds. The molecule has 0 aliphatic carbocycles. The second kappa shape index (κ2) is 6.93. The molecule has 5 nitrogen and oxygen atoms in total. The van der Waals surface area contributed by atoms with E-state index in [4.69, 9.17) is 17.3 Å². The van der Waals surface area contributed by atoms with Crippen molar-refractivity contribution in [2.24, 2.45) is 0 Å². The van der Waals surface area contributed by atoms with E-state index >= 15 is 0 Å². The Morgan fingerprint density at radius 3 is 2.65 bits per heavy atom. The number of hydrogen-bond donors (Lipinski definition) is 2. The molecule has 3 N–H and O–H groups in total. The summed E-state index contributed by atoms with van der Waals surface area (Å²) in [6.45, 7) is 0. The van der Waals surface area contributed by atoms with Crippen molar-refractivity contribution in [1.82, 2.24) is 9.97 Å². The van der Waals surface area contributed by atoms with E-state index in [2.05, 4.69) is 15.3 Å². The number of hydrogen-bond acceptors (Lipinski definition) is 5. The molecule has 0 atom stereocenters. The van der Waals surface area contributed by atoms with Crippen LogP contribution in [0.1, 0.15) is 15.2 Å². The Bertz CT molecular complexity index is 974. The van der Waals surface area contributed by atoms with Crippen molar-refractivity contribution in [3.05, 3.63) is 58.1 Å². The van der Waals surface area contributed by atoms with Gasteiger partial charge in [-0.15, -0.1) is 0 Å². The molecule has 0 saturated carbocycles. The number of benzene rings is 1. The number of nitrogens with one attached hydrogen (secondary N) is 1. The van der Waals surface area contributed by atoms with Crippen LogP contribution in [-0.4, -0.2) is 15.9 Å². The zero-order valence-corrected chi connectivity index (χ0v) is 14.4. The number of thiazole rings is 1. The maximum atomic E-state index is 12.8. The molecular weight excluding hydrogens is 389 g/mol. The van der Waals surface area contributed by atoms with Crippen LogP contribution in [0.4, 0.5) is 24.1 Å². The van der Waals surface area contributed by atoms with Gasteiger partial charge in [0.15, 0.2) is 5.13 Å². The standard InChI is InChI=1S/C16H10ClF3N4OS/c17-10-4-2-1-3-9(10)12-13(26-15(21)24-12)14(25)23-11-7-8(5-6-22-11)16(18,19)20/h1-7H,(H2,21,24)(H,22,23,25). The zero-order chi connectivity index (χ0) is 18.9. The molecule has 3 aromatic rings. The van der Waals surface area contributed by atoms with Gasteiger partial charge in [0, 0.05) is 11.8 Å². The van der Waals surface area contributed by atoms with Crippen LogP contribution < -0.4 is 11.1 Å². The van der Waals surface area contributed by atoms with Gasteiger partial charge in [0.25, 0.3) is 5.91 Å². The average molecular weight is 399 g/mol. The maximum absolute atomic E-state index is 12.8. The molecule has 0 radical (unpaired) electrons. The first-order valence-electron chi connectivity index (χ1n) is 7.11. The Kier molecular flexibility index (Phi) is 4.84. The molecule has 0 spiro atoms. The van der Waals surface area contributed by atoms with Crippen molar-refractivity contribution in [3.63, 3.8) is 0 Å². The van der Waals surface area contributed by atoms with Crippen LogP contribution in [0.15, 0.2) is 42.6 Å². The van der Waals surface area contributed by atoms with Crippen LogP contribution in [0.5, 0.6) is 0 Å². The zero-order valence-electron chi connectivity index (χ0n) is 12.8. The molecular formula is C16H10ClF3N4OS. The number of carbonyl (C=O) groups is 1. The molecule has 0 bridgehead atoms. The smallest absolute Gasteiger partial charge is 0.375 e. The van der Waals surface area contributed by atoms with Gasteiger partial charge in [-0.25, -0.2) is 9.97 Å². The van der Waals surface area contributed by atoms with E-state index in [1.165, 1.54) is 0 Å². The van der Waals surface area contributed by atoms with Crippen LogP contribution in [0.25, 0.3) is 11.3 Å². The van der Waals surface area contributed by atoms with Crippen molar-refractivity contribution in [2.45, 2.75) is 6.18 Å². The van der Waals surface area contributed by atoms with E-state index in [1.54, 1.807) is 24.3 Å².